The molecule has 10 heteroatoms. The SMILES string of the molecule is CCN[C@H](C)CNS(=O)(=O)c1cccc(C(=O)NCC(F)(F)F)c1. The molecule has 1 aromatic rings. The molecule has 0 heterocycles. The molecule has 136 valence electrons. The summed E-state index contributed by atoms with van der Waals surface area (Å²) in [7, 11) is -3.87. The molecular formula is C14H20F3N3O3S. The standard InChI is InChI=1S/C14H20F3N3O3S/c1-3-18-10(2)8-20-24(22,23)12-6-4-5-11(7-12)13(21)19-9-14(15,16)17/h4-7,10,18,20H,3,8-9H2,1-2H3,(H,19,21)/t10-/m1/s1. The van der Waals surface area contributed by atoms with Gasteiger partial charge < -0.3 is 10.6 Å². The van der Waals surface area contributed by atoms with E-state index >= 15 is 0 Å². The molecule has 0 unspecified atom stereocenters. The minimum absolute atomic E-state index is 0.0944. The number of hydrogen-bond donors (Lipinski definition) is 3. The van der Waals surface area contributed by atoms with Crippen LogP contribution in [0.5, 0.6) is 0 Å². The highest BCUT2D eigenvalue weighted by molar-refractivity contribution is 7.89. The van der Waals surface area contributed by atoms with Gasteiger partial charge in [0.25, 0.3) is 5.91 Å². The first-order chi connectivity index (χ1) is 11.0. The lowest BCUT2D eigenvalue weighted by Gasteiger charge is -2.14. The maximum Gasteiger partial charge on any atom is 0.405 e. The van der Waals surface area contributed by atoms with Gasteiger partial charge in [-0.15, -0.1) is 0 Å². The Morgan fingerprint density at radius 1 is 1.29 bits per heavy atom. The summed E-state index contributed by atoms with van der Waals surface area (Å²) in [5.41, 5.74) is -0.165. The van der Waals surface area contributed by atoms with Gasteiger partial charge in [0, 0.05) is 18.2 Å². The van der Waals surface area contributed by atoms with Gasteiger partial charge in [-0.2, -0.15) is 13.2 Å². The zero-order valence-corrected chi connectivity index (χ0v) is 14.1. The van der Waals surface area contributed by atoms with Gasteiger partial charge in [0.2, 0.25) is 10.0 Å². The highest BCUT2D eigenvalue weighted by atomic mass is 32.2. The van der Waals surface area contributed by atoms with E-state index < -0.39 is 28.7 Å². The zero-order valence-electron chi connectivity index (χ0n) is 13.3. The summed E-state index contributed by atoms with van der Waals surface area (Å²) >= 11 is 0. The maximum atomic E-state index is 12.2. The second kappa shape index (κ2) is 8.45. The van der Waals surface area contributed by atoms with Gasteiger partial charge in [-0.05, 0) is 31.7 Å². The van der Waals surface area contributed by atoms with Crippen molar-refractivity contribution in [2.45, 2.75) is 31.0 Å². The normalized spacial score (nSPS) is 13.5. The van der Waals surface area contributed by atoms with Crippen LogP contribution in [-0.4, -0.2) is 46.2 Å². The second-order valence-electron chi connectivity index (χ2n) is 5.14. The topological polar surface area (TPSA) is 87.3 Å². The van der Waals surface area contributed by atoms with Gasteiger partial charge in [-0.3, -0.25) is 4.79 Å². The largest absolute Gasteiger partial charge is 0.405 e. The van der Waals surface area contributed by atoms with Crippen molar-refractivity contribution in [1.29, 1.82) is 0 Å². The van der Waals surface area contributed by atoms with E-state index in [1.165, 1.54) is 18.2 Å². The number of nitrogens with one attached hydrogen (secondary N) is 3. The maximum absolute atomic E-state index is 12.2. The molecule has 3 N–H and O–H groups in total. The van der Waals surface area contributed by atoms with Crippen molar-refractivity contribution < 1.29 is 26.4 Å². The summed E-state index contributed by atoms with van der Waals surface area (Å²) in [5.74, 6) is -0.995. The van der Waals surface area contributed by atoms with Gasteiger partial charge in [0.15, 0.2) is 0 Å². The van der Waals surface area contributed by atoms with E-state index in [1.807, 2.05) is 6.92 Å². The highest BCUT2D eigenvalue weighted by Crippen LogP contribution is 2.14. The lowest BCUT2D eigenvalue weighted by atomic mass is 10.2. The number of benzene rings is 1. The van der Waals surface area contributed by atoms with Crippen LogP contribution < -0.4 is 15.4 Å². The van der Waals surface area contributed by atoms with Crippen molar-refractivity contribution in [2.75, 3.05) is 19.6 Å². The van der Waals surface area contributed by atoms with Crippen LogP contribution in [0.25, 0.3) is 0 Å². The Morgan fingerprint density at radius 2 is 1.96 bits per heavy atom. The molecule has 1 aromatic carbocycles. The molecule has 1 rings (SSSR count). The predicted molar refractivity (Wildman–Crippen MR) is 83.2 cm³/mol. The molecule has 0 radical (unpaired) electrons. The number of carbonyl (C=O) groups excluding carboxylic acids is 1. The van der Waals surface area contributed by atoms with Crippen LogP contribution in [-0.2, 0) is 10.0 Å². The fourth-order valence-corrected chi connectivity index (χ4v) is 3.00. The quantitative estimate of drug-likeness (QED) is 0.646. The predicted octanol–water partition coefficient (Wildman–Crippen LogP) is 1.25. The molecule has 1 amide bonds. The summed E-state index contributed by atoms with van der Waals surface area (Å²) in [6, 6.07) is 4.74. The van der Waals surface area contributed by atoms with E-state index in [2.05, 4.69) is 10.0 Å². The Kier molecular flexibility index (Phi) is 7.18. The molecular weight excluding hydrogens is 347 g/mol. The lowest BCUT2D eigenvalue weighted by molar-refractivity contribution is -0.123. The van der Waals surface area contributed by atoms with Crippen molar-refractivity contribution in [3.63, 3.8) is 0 Å². The molecule has 0 fully saturated rings. The molecule has 6 nitrogen and oxygen atoms in total. The molecule has 24 heavy (non-hydrogen) atoms. The van der Waals surface area contributed by atoms with E-state index in [9.17, 15) is 26.4 Å². The number of sulfonamides is 1. The minimum Gasteiger partial charge on any atom is -0.343 e. The van der Waals surface area contributed by atoms with Crippen LogP contribution >= 0.6 is 0 Å². The van der Waals surface area contributed by atoms with Crippen LogP contribution in [0.2, 0.25) is 0 Å². The van der Waals surface area contributed by atoms with Gasteiger partial charge >= 0.3 is 6.18 Å². The summed E-state index contributed by atoms with van der Waals surface area (Å²) in [6.07, 6.45) is -4.54. The van der Waals surface area contributed by atoms with Gasteiger partial charge in [-0.1, -0.05) is 13.0 Å². The van der Waals surface area contributed by atoms with Crippen molar-refractivity contribution >= 4 is 15.9 Å². The monoisotopic (exact) mass is 367 g/mol. The number of likely N-dealkylation sites (N-methyl/N-ethyl adjacent to an activating group) is 1. The molecule has 0 aliphatic rings. The van der Waals surface area contributed by atoms with Gasteiger partial charge in [0.05, 0.1) is 4.90 Å². The molecule has 1 atom stereocenters. The number of halogens is 3. The number of amides is 1. The molecule has 0 aliphatic carbocycles. The van der Waals surface area contributed by atoms with Crippen LogP contribution in [0.4, 0.5) is 13.2 Å². The van der Waals surface area contributed by atoms with Crippen LogP contribution in [0.15, 0.2) is 29.2 Å². The van der Waals surface area contributed by atoms with E-state index in [4.69, 9.17) is 0 Å². The zero-order chi connectivity index (χ0) is 18.4. The second-order valence-corrected chi connectivity index (χ2v) is 6.90. The first-order valence-corrected chi connectivity index (χ1v) is 8.71. The molecule has 0 spiro atoms. The Hall–Kier alpha value is -1.65. The van der Waals surface area contributed by atoms with E-state index in [0.29, 0.717) is 6.54 Å². The highest BCUT2D eigenvalue weighted by Gasteiger charge is 2.28. The molecule has 0 bridgehead atoms. The average molecular weight is 367 g/mol. The molecule has 0 aromatic heterocycles. The smallest absolute Gasteiger partial charge is 0.343 e. The van der Waals surface area contributed by atoms with Crippen molar-refractivity contribution in [2.24, 2.45) is 0 Å². The minimum atomic E-state index is -4.54. The Labute approximate surface area is 138 Å². The third-order valence-corrected chi connectivity index (χ3v) is 4.41. The van der Waals surface area contributed by atoms with E-state index in [-0.39, 0.29) is 23.0 Å². The van der Waals surface area contributed by atoms with Crippen molar-refractivity contribution in [3.8, 4) is 0 Å². The number of alkyl halides is 3. The van der Waals surface area contributed by atoms with E-state index in [0.717, 1.165) is 6.07 Å². The first-order valence-electron chi connectivity index (χ1n) is 7.23. The van der Waals surface area contributed by atoms with Crippen LogP contribution in [0.1, 0.15) is 24.2 Å². The Bertz CT molecular complexity index is 663. The number of hydrogen-bond acceptors (Lipinski definition) is 4. The molecule has 0 aliphatic heterocycles. The number of carbonyl (C=O) groups is 1. The van der Waals surface area contributed by atoms with Crippen LogP contribution in [0, 0.1) is 0 Å². The van der Waals surface area contributed by atoms with Gasteiger partial charge in [0.1, 0.15) is 6.54 Å². The summed E-state index contributed by atoms with van der Waals surface area (Å²) in [4.78, 5) is 11.5. The Balaban J connectivity index is 2.81. The lowest BCUT2D eigenvalue weighted by Crippen LogP contribution is -2.38. The third kappa shape index (κ3) is 6.85. The van der Waals surface area contributed by atoms with Gasteiger partial charge in [-0.25, -0.2) is 13.1 Å². The van der Waals surface area contributed by atoms with Crippen LogP contribution in [0.3, 0.4) is 0 Å². The van der Waals surface area contributed by atoms with Crippen molar-refractivity contribution in [3.05, 3.63) is 29.8 Å². The van der Waals surface area contributed by atoms with Crippen molar-refractivity contribution in [1.82, 2.24) is 15.4 Å². The summed E-state index contributed by atoms with van der Waals surface area (Å²) in [5, 5.41) is 4.73. The number of rotatable bonds is 8. The summed E-state index contributed by atoms with van der Waals surface area (Å²) < 4.78 is 63.1. The third-order valence-electron chi connectivity index (χ3n) is 2.99. The summed E-state index contributed by atoms with van der Waals surface area (Å²) in [6.45, 7) is 3.01. The average Bonchev–Trinajstić information content (AvgIpc) is 2.50. The molecule has 0 saturated carbocycles. The fraction of sp³-hybridized carbons (Fsp3) is 0.500. The molecule has 0 saturated heterocycles. The Morgan fingerprint density at radius 3 is 2.54 bits per heavy atom. The van der Waals surface area contributed by atoms with E-state index in [1.54, 1.807) is 12.2 Å². The first kappa shape index (κ1) is 20.4. The fourth-order valence-electron chi connectivity index (χ4n) is 1.83.